The number of aryl methyl sites for hydroxylation is 1. The highest BCUT2D eigenvalue weighted by Gasteiger charge is 2.15. The molecule has 0 unspecified atom stereocenters. The third-order valence-electron chi connectivity index (χ3n) is 4.27. The standard InChI is InChI=1S/C19H18ClN7O/c1-3-21-18(28)11-4-6-14(15(20)9-11)17-24-19(27(2)26-17)23-13-5-7-16-12(8-13)10-22-25-16/h4-10H,3H2,1-2H3,(H,21,28)(H,22,25)(H,23,24,26). The zero-order valence-electron chi connectivity index (χ0n) is 15.3. The quantitative estimate of drug-likeness (QED) is 0.480. The van der Waals surface area contributed by atoms with Crippen LogP contribution < -0.4 is 10.6 Å². The van der Waals surface area contributed by atoms with E-state index in [9.17, 15) is 4.79 Å². The van der Waals surface area contributed by atoms with Gasteiger partial charge in [-0.15, -0.1) is 5.10 Å². The number of anilines is 2. The number of hydrogen-bond donors (Lipinski definition) is 3. The maximum Gasteiger partial charge on any atom is 0.251 e. The van der Waals surface area contributed by atoms with Gasteiger partial charge in [-0.3, -0.25) is 9.89 Å². The van der Waals surface area contributed by atoms with Crippen LogP contribution in [-0.4, -0.2) is 37.4 Å². The second-order valence-electron chi connectivity index (χ2n) is 6.23. The molecule has 142 valence electrons. The molecule has 2 aromatic heterocycles. The van der Waals surface area contributed by atoms with Gasteiger partial charge in [0.05, 0.1) is 16.7 Å². The predicted octanol–water partition coefficient (Wildman–Crippen LogP) is 3.51. The molecular formula is C19H18ClN7O. The van der Waals surface area contributed by atoms with Gasteiger partial charge < -0.3 is 10.6 Å². The Kier molecular flexibility index (Phi) is 4.70. The largest absolute Gasteiger partial charge is 0.352 e. The molecule has 4 rings (SSSR count). The number of aromatic amines is 1. The lowest BCUT2D eigenvalue weighted by Crippen LogP contribution is -2.22. The Hall–Kier alpha value is -3.39. The molecule has 28 heavy (non-hydrogen) atoms. The number of halogens is 1. The van der Waals surface area contributed by atoms with Gasteiger partial charge in [-0.25, -0.2) is 4.68 Å². The fourth-order valence-electron chi connectivity index (χ4n) is 2.86. The van der Waals surface area contributed by atoms with Crippen LogP contribution in [0.25, 0.3) is 22.3 Å². The van der Waals surface area contributed by atoms with Crippen LogP contribution >= 0.6 is 11.6 Å². The van der Waals surface area contributed by atoms with Crippen molar-refractivity contribution >= 4 is 40.0 Å². The van der Waals surface area contributed by atoms with E-state index in [4.69, 9.17) is 11.6 Å². The van der Waals surface area contributed by atoms with E-state index in [0.29, 0.717) is 34.5 Å². The summed E-state index contributed by atoms with van der Waals surface area (Å²) in [6, 6.07) is 10.9. The molecule has 2 aromatic carbocycles. The molecule has 0 aliphatic carbocycles. The minimum atomic E-state index is -0.165. The number of benzene rings is 2. The number of amides is 1. The van der Waals surface area contributed by atoms with Crippen molar-refractivity contribution in [2.24, 2.45) is 7.05 Å². The lowest BCUT2D eigenvalue weighted by molar-refractivity contribution is 0.0956. The monoisotopic (exact) mass is 395 g/mol. The average Bonchev–Trinajstić information content (AvgIpc) is 3.28. The minimum Gasteiger partial charge on any atom is -0.352 e. The SMILES string of the molecule is CCNC(=O)c1ccc(-c2nc(Nc3ccc4[nH]ncc4c3)n(C)n2)c(Cl)c1. The average molecular weight is 396 g/mol. The highest BCUT2D eigenvalue weighted by molar-refractivity contribution is 6.33. The summed E-state index contributed by atoms with van der Waals surface area (Å²) in [5.74, 6) is 0.880. The van der Waals surface area contributed by atoms with E-state index < -0.39 is 0 Å². The Morgan fingerprint density at radius 3 is 2.89 bits per heavy atom. The van der Waals surface area contributed by atoms with Crippen LogP contribution in [0.5, 0.6) is 0 Å². The summed E-state index contributed by atoms with van der Waals surface area (Å²) in [5, 5.41) is 18.8. The fourth-order valence-corrected chi connectivity index (χ4v) is 3.12. The van der Waals surface area contributed by atoms with Crippen LogP contribution in [0, 0.1) is 0 Å². The number of fused-ring (bicyclic) bond motifs is 1. The molecule has 2 heterocycles. The van der Waals surface area contributed by atoms with E-state index >= 15 is 0 Å². The van der Waals surface area contributed by atoms with E-state index in [2.05, 4.69) is 30.9 Å². The molecular weight excluding hydrogens is 378 g/mol. The molecule has 0 aliphatic rings. The smallest absolute Gasteiger partial charge is 0.251 e. The maximum absolute atomic E-state index is 12.0. The first-order valence-electron chi connectivity index (χ1n) is 8.74. The molecule has 0 aliphatic heterocycles. The molecule has 0 fully saturated rings. The molecule has 0 radical (unpaired) electrons. The Morgan fingerprint density at radius 2 is 2.11 bits per heavy atom. The number of carbonyl (C=O) groups excluding carboxylic acids is 1. The van der Waals surface area contributed by atoms with Crippen LogP contribution in [0.2, 0.25) is 5.02 Å². The zero-order chi connectivity index (χ0) is 19.7. The number of aromatic nitrogens is 5. The van der Waals surface area contributed by atoms with E-state index in [1.807, 2.05) is 25.1 Å². The van der Waals surface area contributed by atoms with E-state index in [0.717, 1.165) is 16.6 Å². The van der Waals surface area contributed by atoms with E-state index in [1.54, 1.807) is 36.1 Å². The van der Waals surface area contributed by atoms with Crippen LogP contribution in [-0.2, 0) is 7.05 Å². The van der Waals surface area contributed by atoms with Gasteiger partial charge in [0.2, 0.25) is 5.95 Å². The van der Waals surface area contributed by atoms with Gasteiger partial charge in [0, 0.05) is 35.8 Å². The maximum atomic E-state index is 12.0. The lowest BCUT2D eigenvalue weighted by atomic mass is 10.1. The third-order valence-corrected chi connectivity index (χ3v) is 4.58. The van der Waals surface area contributed by atoms with Crippen molar-refractivity contribution in [2.45, 2.75) is 6.92 Å². The summed E-state index contributed by atoms with van der Waals surface area (Å²) in [6.45, 7) is 2.42. The van der Waals surface area contributed by atoms with Gasteiger partial charge in [-0.1, -0.05) is 11.6 Å². The number of hydrogen-bond acceptors (Lipinski definition) is 5. The number of rotatable bonds is 5. The first-order valence-corrected chi connectivity index (χ1v) is 9.12. The predicted molar refractivity (Wildman–Crippen MR) is 109 cm³/mol. The zero-order valence-corrected chi connectivity index (χ0v) is 16.1. The minimum absolute atomic E-state index is 0.165. The molecule has 1 amide bonds. The topological polar surface area (TPSA) is 101 Å². The Bertz CT molecular complexity index is 1160. The molecule has 0 bridgehead atoms. The van der Waals surface area contributed by atoms with E-state index in [1.165, 1.54) is 0 Å². The molecule has 8 nitrogen and oxygen atoms in total. The van der Waals surface area contributed by atoms with Crippen molar-refractivity contribution in [1.82, 2.24) is 30.3 Å². The molecule has 0 saturated heterocycles. The summed E-state index contributed by atoms with van der Waals surface area (Å²) in [6.07, 6.45) is 1.76. The van der Waals surface area contributed by atoms with Gasteiger partial charge in [0.1, 0.15) is 0 Å². The highest BCUT2D eigenvalue weighted by atomic mass is 35.5. The third kappa shape index (κ3) is 3.41. The Balaban J connectivity index is 1.61. The van der Waals surface area contributed by atoms with Crippen LogP contribution in [0.1, 0.15) is 17.3 Å². The number of H-pyrrole nitrogens is 1. The van der Waals surface area contributed by atoms with Crippen molar-refractivity contribution in [3.8, 4) is 11.4 Å². The summed E-state index contributed by atoms with van der Waals surface area (Å²) >= 11 is 6.38. The van der Waals surface area contributed by atoms with Crippen LogP contribution in [0.15, 0.2) is 42.6 Å². The van der Waals surface area contributed by atoms with Crippen molar-refractivity contribution in [1.29, 1.82) is 0 Å². The normalized spacial score (nSPS) is 11.0. The summed E-state index contributed by atoms with van der Waals surface area (Å²) in [7, 11) is 1.80. The molecule has 9 heteroatoms. The summed E-state index contributed by atoms with van der Waals surface area (Å²) in [5.41, 5.74) is 2.98. The summed E-state index contributed by atoms with van der Waals surface area (Å²) in [4.78, 5) is 16.5. The molecule has 4 aromatic rings. The van der Waals surface area contributed by atoms with Crippen molar-refractivity contribution in [2.75, 3.05) is 11.9 Å². The van der Waals surface area contributed by atoms with Crippen molar-refractivity contribution in [3.05, 3.63) is 53.2 Å². The fraction of sp³-hybridized carbons (Fsp3) is 0.158. The van der Waals surface area contributed by atoms with Gasteiger partial charge >= 0.3 is 0 Å². The Morgan fingerprint density at radius 1 is 1.25 bits per heavy atom. The highest BCUT2D eigenvalue weighted by Crippen LogP contribution is 2.28. The first-order chi connectivity index (χ1) is 13.5. The van der Waals surface area contributed by atoms with Crippen LogP contribution in [0.4, 0.5) is 11.6 Å². The molecule has 0 spiro atoms. The van der Waals surface area contributed by atoms with E-state index in [-0.39, 0.29) is 5.91 Å². The second-order valence-corrected chi connectivity index (χ2v) is 6.64. The number of nitrogens with zero attached hydrogens (tertiary/aromatic N) is 4. The lowest BCUT2D eigenvalue weighted by Gasteiger charge is -2.05. The van der Waals surface area contributed by atoms with Gasteiger partial charge in [-0.05, 0) is 43.3 Å². The van der Waals surface area contributed by atoms with Gasteiger partial charge in [-0.2, -0.15) is 10.1 Å². The number of carbonyl (C=O) groups is 1. The molecule has 0 atom stereocenters. The molecule has 3 N–H and O–H groups in total. The summed E-state index contributed by atoms with van der Waals surface area (Å²) < 4.78 is 1.64. The number of nitrogens with one attached hydrogen (secondary N) is 3. The molecule has 0 saturated carbocycles. The van der Waals surface area contributed by atoms with Crippen LogP contribution in [0.3, 0.4) is 0 Å². The van der Waals surface area contributed by atoms with Crippen molar-refractivity contribution < 1.29 is 4.79 Å². The van der Waals surface area contributed by atoms with Gasteiger partial charge in [0.25, 0.3) is 5.91 Å². The van der Waals surface area contributed by atoms with Crippen molar-refractivity contribution in [3.63, 3.8) is 0 Å². The Labute approximate surface area is 165 Å². The van der Waals surface area contributed by atoms with Gasteiger partial charge in [0.15, 0.2) is 5.82 Å². The first kappa shape index (κ1) is 18.0. The second kappa shape index (κ2) is 7.32.